The van der Waals surface area contributed by atoms with Gasteiger partial charge in [-0.25, -0.2) is 0 Å². The number of hydrogen-bond donors (Lipinski definition) is 0. The highest BCUT2D eigenvalue weighted by Gasteiger charge is 2.65. The van der Waals surface area contributed by atoms with Crippen molar-refractivity contribution in [3.63, 3.8) is 0 Å². The van der Waals surface area contributed by atoms with Gasteiger partial charge in [0.25, 0.3) is 0 Å². The van der Waals surface area contributed by atoms with E-state index in [1.54, 1.807) is 28.4 Å². The van der Waals surface area contributed by atoms with Gasteiger partial charge in [-0.1, -0.05) is 6.92 Å². The second kappa shape index (κ2) is 7.39. The zero-order valence-corrected chi connectivity index (χ0v) is 17.0. The van der Waals surface area contributed by atoms with E-state index in [4.69, 9.17) is 24.2 Å². The Labute approximate surface area is 158 Å². The molecule has 0 N–H and O–H groups in total. The van der Waals surface area contributed by atoms with Gasteiger partial charge in [-0.3, -0.25) is 0 Å². The molecule has 3 saturated carbocycles. The Balaban J connectivity index is 1.91. The summed E-state index contributed by atoms with van der Waals surface area (Å²) in [4.78, 5) is 0. The first kappa shape index (κ1) is 20.1. The van der Waals surface area contributed by atoms with Crippen molar-refractivity contribution in [1.82, 2.24) is 0 Å². The summed E-state index contributed by atoms with van der Waals surface area (Å²) in [6, 6.07) is 2.33. The van der Waals surface area contributed by atoms with Crippen molar-refractivity contribution in [3.8, 4) is 6.07 Å². The minimum Gasteiger partial charge on any atom is -0.353 e. The number of hydrogen-bond acceptors (Lipinski definition) is 5. The van der Waals surface area contributed by atoms with Gasteiger partial charge in [0.2, 0.25) is 0 Å². The Bertz CT molecular complexity index is 537. The second-order valence-corrected chi connectivity index (χ2v) is 8.65. The van der Waals surface area contributed by atoms with Crippen LogP contribution in [0.5, 0.6) is 0 Å². The lowest BCUT2D eigenvalue weighted by atomic mass is 9.52. The molecule has 0 bridgehead atoms. The van der Waals surface area contributed by atoms with Crippen LogP contribution in [0.2, 0.25) is 0 Å². The summed E-state index contributed by atoms with van der Waals surface area (Å²) in [5, 5.41) is 9.17. The standard InChI is InChI=1S/C21H35NO4/c1-19-11-8-16-15(17(19)10-13-21(19,25-4)26-5)9-12-20(23-2,24-3)18(16)7-6-14-22/h15-18H,6-13H2,1-5H3. The SMILES string of the molecule is COC1(OC)CCC2C(CCC3(C)C2CCC3(OC)OC)C1CCC#N. The molecule has 0 aromatic carbocycles. The molecule has 5 heteroatoms. The molecule has 0 aliphatic heterocycles. The molecule has 5 nitrogen and oxygen atoms in total. The molecule has 0 radical (unpaired) electrons. The van der Waals surface area contributed by atoms with Crippen molar-refractivity contribution in [2.24, 2.45) is 29.1 Å². The van der Waals surface area contributed by atoms with Gasteiger partial charge in [0.1, 0.15) is 0 Å². The van der Waals surface area contributed by atoms with Crippen LogP contribution in [0.3, 0.4) is 0 Å². The van der Waals surface area contributed by atoms with Crippen molar-refractivity contribution in [2.75, 3.05) is 28.4 Å². The predicted molar refractivity (Wildman–Crippen MR) is 98.1 cm³/mol. The van der Waals surface area contributed by atoms with E-state index in [1.807, 2.05) is 0 Å². The highest BCUT2D eigenvalue weighted by molar-refractivity contribution is 5.10. The average molecular weight is 366 g/mol. The topological polar surface area (TPSA) is 60.7 Å². The van der Waals surface area contributed by atoms with E-state index < -0.39 is 11.6 Å². The number of nitriles is 1. The Morgan fingerprint density at radius 1 is 0.885 bits per heavy atom. The van der Waals surface area contributed by atoms with Crippen molar-refractivity contribution in [1.29, 1.82) is 5.26 Å². The fraction of sp³-hybridized carbons (Fsp3) is 0.952. The van der Waals surface area contributed by atoms with Gasteiger partial charge >= 0.3 is 0 Å². The molecule has 5 atom stereocenters. The zero-order valence-electron chi connectivity index (χ0n) is 17.0. The number of nitrogens with zero attached hydrogens (tertiary/aromatic N) is 1. The molecule has 0 spiro atoms. The molecule has 3 aliphatic rings. The summed E-state index contributed by atoms with van der Waals surface area (Å²) < 4.78 is 23.8. The lowest BCUT2D eigenvalue weighted by molar-refractivity contribution is -0.302. The molecular formula is C21H35NO4. The van der Waals surface area contributed by atoms with Gasteiger partial charge in [-0.2, -0.15) is 5.26 Å². The molecule has 0 aromatic heterocycles. The maximum absolute atomic E-state index is 9.17. The third-order valence-corrected chi connectivity index (χ3v) is 8.36. The minimum atomic E-state index is -0.538. The number of rotatable bonds is 6. The minimum absolute atomic E-state index is 0.0532. The molecule has 3 fully saturated rings. The summed E-state index contributed by atoms with van der Waals surface area (Å²) in [6.07, 6.45) is 7.75. The molecule has 3 aliphatic carbocycles. The maximum atomic E-state index is 9.17. The monoisotopic (exact) mass is 365 g/mol. The van der Waals surface area contributed by atoms with Crippen LogP contribution in [0.1, 0.15) is 58.3 Å². The van der Waals surface area contributed by atoms with Crippen LogP contribution in [-0.2, 0) is 18.9 Å². The Morgan fingerprint density at radius 2 is 1.54 bits per heavy atom. The Morgan fingerprint density at radius 3 is 2.12 bits per heavy atom. The van der Waals surface area contributed by atoms with Crippen molar-refractivity contribution >= 4 is 0 Å². The summed E-state index contributed by atoms with van der Waals surface area (Å²) in [6.45, 7) is 2.37. The van der Waals surface area contributed by atoms with Gasteiger partial charge in [0, 0.05) is 59.0 Å². The fourth-order valence-electron chi connectivity index (χ4n) is 7.07. The van der Waals surface area contributed by atoms with E-state index in [2.05, 4.69) is 13.0 Å². The molecule has 0 saturated heterocycles. The number of fused-ring (bicyclic) bond motifs is 3. The fourth-order valence-corrected chi connectivity index (χ4v) is 7.07. The van der Waals surface area contributed by atoms with E-state index in [9.17, 15) is 0 Å². The van der Waals surface area contributed by atoms with Crippen LogP contribution in [-0.4, -0.2) is 40.0 Å². The van der Waals surface area contributed by atoms with Crippen LogP contribution >= 0.6 is 0 Å². The largest absolute Gasteiger partial charge is 0.353 e. The highest BCUT2D eigenvalue weighted by atomic mass is 16.7. The van der Waals surface area contributed by atoms with E-state index >= 15 is 0 Å². The molecular weight excluding hydrogens is 330 g/mol. The third-order valence-electron chi connectivity index (χ3n) is 8.36. The number of methoxy groups -OCH3 is 4. The summed E-state index contributed by atoms with van der Waals surface area (Å²) in [5.74, 6) is 1.05. The lowest BCUT2D eigenvalue weighted by Crippen LogP contribution is -2.58. The molecule has 148 valence electrons. The average Bonchev–Trinajstić information content (AvgIpc) is 2.98. The zero-order chi connectivity index (χ0) is 19.0. The third kappa shape index (κ3) is 2.64. The summed E-state index contributed by atoms with van der Waals surface area (Å²) in [5.41, 5.74) is 0.0532. The van der Waals surface area contributed by atoms with Crippen molar-refractivity contribution in [3.05, 3.63) is 0 Å². The normalized spacial score (nSPS) is 40.5. The molecule has 3 rings (SSSR count). The van der Waals surface area contributed by atoms with Crippen LogP contribution in [0.15, 0.2) is 0 Å². The van der Waals surface area contributed by atoms with E-state index in [0.29, 0.717) is 24.2 Å². The first-order valence-corrected chi connectivity index (χ1v) is 10.0. The van der Waals surface area contributed by atoms with Crippen LogP contribution in [0.25, 0.3) is 0 Å². The van der Waals surface area contributed by atoms with Gasteiger partial charge in [-0.15, -0.1) is 0 Å². The van der Waals surface area contributed by atoms with Gasteiger partial charge in [0.05, 0.1) is 6.07 Å². The van der Waals surface area contributed by atoms with E-state index in [0.717, 1.165) is 44.9 Å². The Kier molecular flexibility index (Phi) is 5.71. The molecule has 5 unspecified atom stereocenters. The highest BCUT2D eigenvalue weighted by Crippen LogP contribution is 2.66. The first-order valence-electron chi connectivity index (χ1n) is 10.0. The quantitative estimate of drug-likeness (QED) is 0.663. The molecule has 0 heterocycles. The summed E-state index contributed by atoms with van der Waals surface area (Å²) >= 11 is 0. The smallest absolute Gasteiger partial charge is 0.173 e. The molecule has 26 heavy (non-hydrogen) atoms. The van der Waals surface area contributed by atoms with Gasteiger partial charge in [0.15, 0.2) is 11.6 Å². The van der Waals surface area contributed by atoms with Gasteiger partial charge in [-0.05, 0) is 49.9 Å². The second-order valence-electron chi connectivity index (χ2n) is 8.65. The van der Waals surface area contributed by atoms with Crippen LogP contribution in [0, 0.1) is 40.4 Å². The summed E-state index contributed by atoms with van der Waals surface area (Å²) in [7, 11) is 7.10. The maximum Gasteiger partial charge on any atom is 0.173 e. The Hall–Kier alpha value is -0.670. The first-order chi connectivity index (χ1) is 12.5. The van der Waals surface area contributed by atoms with E-state index in [-0.39, 0.29) is 11.3 Å². The van der Waals surface area contributed by atoms with Crippen molar-refractivity contribution in [2.45, 2.75) is 69.9 Å². The van der Waals surface area contributed by atoms with Crippen LogP contribution < -0.4 is 0 Å². The molecule has 0 amide bonds. The van der Waals surface area contributed by atoms with E-state index in [1.165, 1.54) is 0 Å². The van der Waals surface area contributed by atoms with Gasteiger partial charge < -0.3 is 18.9 Å². The molecule has 0 aromatic rings. The number of ether oxygens (including phenoxy) is 4. The van der Waals surface area contributed by atoms with Crippen LogP contribution in [0.4, 0.5) is 0 Å². The van der Waals surface area contributed by atoms with Crippen molar-refractivity contribution < 1.29 is 18.9 Å². The predicted octanol–water partition coefficient (Wildman–Crippen LogP) is 4.12. The lowest BCUT2D eigenvalue weighted by Gasteiger charge is -2.58.